The average Bonchev–Trinajstić information content (AvgIpc) is 2.60. The Balaban J connectivity index is 5.40. The van der Waals surface area contributed by atoms with Crippen molar-refractivity contribution in [3.8, 4) is 0 Å². The van der Waals surface area contributed by atoms with Gasteiger partial charge in [-0.3, -0.25) is 24.0 Å². The van der Waals surface area contributed by atoms with E-state index in [2.05, 4.69) is 16.0 Å². The predicted octanol–water partition coefficient (Wildman–Crippen LogP) is -2.73. The fraction of sp³-hybridized carbons (Fsp3) is 0.647. The first-order valence-electron chi connectivity index (χ1n) is 9.15. The van der Waals surface area contributed by atoms with Gasteiger partial charge in [0.25, 0.3) is 0 Å². The van der Waals surface area contributed by atoms with Crippen LogP contribution in [0.4, 0.5) is 0 Å². The van der Waals surface area contributed by atoms with E-state index in [1.165, 1.54) is 6.92 Å². The van der Waals surface area contributed by atoms with Crippen LogP contribution >= 0.6 is 0 Å². The van der Waals surface area contributed by atoms with Crippen molar-refractivity contribution in [3.05, 3.63) is 0 Å². The number of carbonyl (C=O) groups excluding carboxylic acids is 4. The molecule has 13 heteroatoms. The summed E-state index contributed by atoms with van der Waals surface area (Å²) in [5, 5.41) is 24.6. The third-order valence-corrected chi connectivity index (χ3v) is 3.96. The van der Waals surface area contributed by atoms with Crippen LogP contribution in [-0.2, 0) is 28.8 Å². The second-order valence-corrected chi connectivity index (χ2v) is 7.08. The molecule has 0 bridgehead atoms. The Bertz CT molecular complexity index is 679. The van der Waals surface area contributed by atoms with Gasteiger partial charge in [0.15, 0.2) is 0 Å². The molecule has 170 valence electrons. The Labute approximate surface area is 172 Å². The number of amides is 4. The van der Waals surface area contributed by atoms with Crippen molar-refractivity contribution >= 4 is 35.6 Å². The van der Waals surface area contributed by atoms with Crippen LogP contribution in [0.1, 0.15) is 40.0 Å². The maximum atomic E-state index is 12.6. The first kappa shape index (κ1) is 26.8. The molecular formula is C17H29N5O8. The summed E-state index contributed by atoms with van der Waals surface area (Å²) in [5.74, 6) is -6.57. The molecule has 0 radical (unpaired) electrons. The second kappa shape index (κ2) is 12.4. The predicted molar refractivity (Wildman–Crippen MR) is 103 cm³/mol. The normalized spacial score (nSPS) is 14.7. The Kier molecular flexibility index (Phi) is 11.0. The van der Waals surface area contributed by atoms with Crippen molar-refractivity contribution in [1.82, 2.24) is 16.0 Å². The summed E-state index contributed by atoms with van der Waals surface area (Å²) in [4.78, 5) is 70.1. The molecule has 9 N–H and O–H groups in total. The van der Waals surface area contributed by atoms with Gasteiger partial charge in [0.1, 0.15) is 18.1 Å². The second-order valence-electron chi connectivity index (χ2n) is 7.08. The molecule has 0 aliphatic carbocycles. The van der Waals surface area contributed by atoms with Crippen molar-refractivity contribution in [1.29, 1.82) is 0 Å². The Hall–Kier alpha value is -3.22. The van der Waals surface area contributed by atoms with E-state index in [-0.39, 0.29) is 0 Å². The van der Waals surface area contributed by atoms with Crippen LogP contribution in [0.15, 0.2) is 0 Å². The molecule has 0 aliphatic heterocycles. The summed E-state index contributed by atoms with van der Waals surface area (Å²) in [5.41, 5.74) is 10.6. The maximum absolute atomic E-state index is 12.6. The lowest BCUT2D eigenvalue weighted by Crippen LogP contribution is -2.58. The summed E-state index contributed by atoms with van der Waals surface area (Å²) in [6.07, 6.45) is -1.58. The van der Waals surface area contributed by atoms with Crippen molar-refractivity contribution in [2.45, 2.75) is 64.2 Å². The molecule has 0 heterocycles. The highest BCUT2D eigenvalue weighted by atomic mass is 16.4. The Morgan fingerprint density at radius 1 is 0.833 bits per heavy atom. The number of nitrogens with one attached hydrogen (secondary N) is 3. The van der Waals surface area contributed by atoms with Gasteiger partial charge in [-0.1, -0.05) is 13.8 Å². The first-order chi connectivity index (χ1) is 13.8. The smallest absolute Gasteiger partial charge is 0.326 e. The zero-order valence-corrected chi connectivity index (χ0v) is 17.0. The lowest BCUT2D eigenvalue weighted by atomic mass is 10.0. The van der Waals surface area contributed by atoms with Gasteiger partial charge < -0.3 is 37.6 Å². The molecule has 4 amide bonds. The third-order valence-electron chi connectivity index (χ3n) is 3.96. The lowest BCUT2D eigenvalue weighted by Gasteiger charge is -2.26. The van der Waals surface area contributed by atoms with Gasteiger partial charge >= 0.3 is 11.9 Å². The van der Waals surface area contributed by atoms with Crippen LogP contribution in [0, 0.1) is 5.92 Å². The summed E-state index contributed by atoms with van der Waals surface area (Å²) in [7, 11) is 0. The number of hydrogen-bond donors (Lipinski definition) is 7. The average molecular weight is 431 g/mol. The van der Waals surface area contributed by atoms with Crippen molar-refractivity contribution < 1.29 is 39.0 Å². The molecule has 0 saturated heterocycles. The number of hydrogen-bond acceptors (Lipinski definition) is 7. The van der Waals surface area contributed by atoms with E-state index in [4.69, 9.17) is 21.7 Å². The highest BCUT2D eigenvalue weighted by molar-refractivity contribution is 5.96. The van der Waals surface area contributed by atoms with Crippen LogP contribution in [0.25, 0.3) is 0 Å². The van der Waals surface area contributed by atoms with Gasteiger partial charge in [0, 0.05) is 6.42 Å². The lowest BCUT2D eigenvalue weighted by molar-refractivity contribution is -0.143. The highest BCUT2D eigenvalue weighted by Crippen LogP contribution is 2.05. The molecule has 4 unspecified atom stereocenters. The zero-order chi connectivity index (χ0) is 23.6. The molecule has 0 saturated carbocycles. The number of nitrogens with two attached hydrogens (primary N) is 2. The molecule has 0 aromatic carbocycles. The number of primary amides is 1. The van der Waals surface area contributed by atoms with Gasteiger partial charge in [-0.05, 0) is 19.3 Å². The molecule has 0 rings (SSSR count). The van der Waals surface area contributed by atoms with Gasteiger partial charge in [-0.25, -0.2) is 4.79 Å². The molecule has 0 aromatic heterocycles. The topological polar surface area (TPSA) is 231 Å². The van der Waals surface area contributed by atoms with Gasteiger partial charge in [0.05, 0.1) is 12.5 Å². The molecule has 0 aliphatic rings. The Morgan fingerprint density at radius 3 is 1.77 bits per heavy atom. The minimum atomic E-state index is -1.56. The standard InChI is InChI=1S/C17H29N5O8/c1-7(2)13(22-14(26)8(3)18)16(28)21-10(6-11(19)23)15(27)20-9(17(29)30)4-5-12(24)25/h7-10,13H,4-6,18H2,1-3H3,(H2,19,23)(H,20,27)(H,21,28)(H,22,26)(H,24,25)(H,29,30). The number of carbonyl (C=O) groups is 6. The molecule has 30 heavy (non-hydrogen) atoms. The largest absolute Gasteiger partial charge is 0.481 e. The number of rotatable bonds is 13. The first-order valence-corrected chi connectivity index (χ1v) is 9.15. The maximum Gasteiger partial charge on any atom is 0.326 e. The number of carboxylic acid groups (broad SMARTS) is 2. The van der Waals surface area contributed by atoms with Crippen LogP contribution in [0.3, 0.4) is 0 Å². The summed E-state index contributed by atoms with van der Waals surface area (Å²) >= 11 is 0. The molecule has 0 fully saturated rings. The van der Waals surface area contributed by atoms with Gasteiger partial charge in [-0.2, -0.15) is 0 Å². The van der Waals surface area contributed by atoms with E-state index in [1.54, 1.807) is 13.8 Å². The monoisotopic (exact) mass is 431 g/mol. The van der Waals surface area contributed by atoms with E-state index >= 15 is 0 Å². The highest BCUT2D eigenvalue weighted by Gasteiger charge is 2.32. The molecule has 0 aromatic rings. The fourth-order valence-electron chi connectivity index (χ4n) is 2.29. The minimum Gasteiger partial charge on any atom is -0.481 e. The molecular weight excluding hydrogens is 402 g/mol. The van der Waals surface area contributed by atoms with Crippen molar-refractivity contribution in [3.63, 3.8) is 0 Å². The molecule has 4 atom stereocenters. The van der Waals surface area contributed by atoms with E-state index < -0.39 is 84.9 Å². The van der Waals surface area contributed by atoms with E-state index in [9.17, 15) is 28.8 Å². The van der Waals surface area contributed by atoms with Crippen molar-refractivity contribution in [2.75, 3.05) is 0 Å². The van der Waals surface area contributed by atoms with Gasteiger partial charge in [0.2, 0.25) is 23.6 Å². The van der Waals surface area contributed by atoms with Crippen LogP contribution in [0.5, 0.6) is 0 Å². The zero-order valence-electron chi connectivity index (χ0n) is 17.0. The molecule has 0 spiro atoms. The van der Waals surface area contributed by atoms with Crippen LogP contribution in [0.2, 0.25) is 0 Å². The van der Waals surface area contributed by atoms with Crippen LogP contribution in [-0.4, -0.2) is 69.9 Å². The quantitative estimate of drug-likeness (QED) is 0.160. The summed E-state index contributed by atoms with van der Waals surface area (Å²) in [6, 6.07) is -5.07. The van der Waals surface area contributed by atoms with Crippen molar-refractivity contribution in [2.24, 2.45) is 17.4 Å². The minimum absolute atomic E-state index is 0.410. The van der Waals surface area contributed by atoms with E-state index in [1.807, 2.05) is 0 Å². The number of aliphatic carboxylic acids is 2. The van der Waals surface area contributed by atoms with Gasteiger partial charge in [-0.15, -0.1) is 0 Å². The SMILES string of the molecule is CC(N)C(=O)NC(C(=O)NC(CC(N)=O)C(=O)NC(CCC(=O)O)C(=O)O)C(C)C. The summed E-state index contributed by atoms with van der Waals surface area (Å²) < 4.78 is 0. The fourth-order valence-corrected chi connectivity index (χ4v) is 2.29. The van der Waals surface area contributed by atoms with Crippen LogP contribution < -0.4 is 27.4 Å². The number of carboxylic acids is 2. The van der Waals surface area contributed by atoms with E-state index in [0.29, 0.717) is 0 Å². The van der Waals surface area contributed by atoms with E-state index in [0.717, 1.165) is 0 Å². The Morgan fingerprint density at radius 2 is 1.37 bits per heavy atom. The summed E-state index contributed by atoms with van der Waals surface area (Å²) in [6.45, 7) is 4.67. The third kappa shape index (κ3) is 9.82. The molecule has 13 nitrogen and oxygen atoms in total.